The Hall–Kier alpha value is -5.48. The fourth-order valence-corrected chi connectivity index (χ4v) is 3.52. The molecule has 12 nitrogen and oxygen atoms in total. The number of aryl methyl sites for hydroxylation is 4. The zero-order valence-corrected chi connectivity index (χ0v) is 37.0. The summed E-state index contributed by atoms with van der Waals surface area (Å²) in [5.41, 5.74) is 3.59. The average molecular weight is 1110 g/mol. The summed E-state index contributed by atoms with van der Waals surface area (Å²) < 4.78 is 245. The van der Waals surface area contributed by atoms with Crippen molar-refractivity contribution in [2.75, 3.05) is 0 Å². The SMILES string of the molecule is C[n+]1ccc(-c2nnc(-c3cc[n+](C)cc3)nn2)cc1.C[n+]1ccc(-c2nnc(-c3cc[n+](C)cc3)nn2)cc1.F[P-](F)(F)(F)(F)F.F[P-](F)(F)(F)(F)F.F[P-](F)(F)(F)(F)F.F[P-](F)(F)(F)(F)F. The van der Waals surface area contributed by atoms with Gasteiger partial charge in [-0.1, -0.05) is 0 Å². The summed E-state index contributed by atoms with van der Waals surface area (Å²) in [6, 6.07) is 15.5. The first-order chi connectivity index (χ1) is 29.2. The summed E-state index contributed by atoms with van der Waals surface area (Å²) in [5, 5.41) is 33.1. The van der Waals surface area contributed by atoms with Gasteiger partial charge in [0.2, 0.25) is 23.3 Å². The van der Waals surface area contributed by atoms with Crippen LogP contribution < -0.4 is 18.3 Å². The van der Waals surface area contributed by atoms with Crippen molar-refractivity contribution in [2.24, 2.45) is 28.2 Å². The number of halogens is 24. The minimum atomic E-state index is -10.7. The first-order valence-electron chi connectivity index (χ1n) is 16.5. The van der Waals surface area contributed by atoms with Crippen LogP contribution in [0.3, 0.4) is 0 Å². The van der Waals surface area contributed by atoms with Crippen LogP contribution in [-0.2, 0) is 28.2 Å². The van der Waals surface area contributed by atoms with E-state index in [4.69, 9.17) is 0 Å². The molecule has 6 aromatic rings. The number of hydrogen-bond donors (Lipinski definition) is 0. The predicted molar refractivity (Wildman–Crippen MR) is 196 cm³/mol. The molecule has 0 aromatic carbocycles. The Morgan fingerprint density at radius 3 is 0.412 bits per heavy atom. The van der Waals surface area contributed by atoms with Crippen LogP contribution in [0.5, 0.6) is 0 Å². The van der Waals surface area contributed by atoms with Gasteiger partial charge in [0.05, 0.1) is 0 Å². The molecule has 0 fully saturated rings. The van der Waals surface area contributed by atoms with Crippen LogP contribution in [0.1, 0.15) is 0 Å². The first kappa shape index (κ1) is 60.5. The topological polar surface area (TPSA) is 119 Å². The second-order valence-electron chi connectivity index (χ2n) is 12.9. The summed E-state index contributed by atoms with van der Waals surface area (Å²) in [6.45, 7) is 0. The Balaban J connectivity index is 0.000000445. The molecule has 6 aromatic heterocycles. The van der Waals surface area contributed by atoms with E-state index in [1.54, 1.807) is 0 Å². The van der Waals surface area contributed by atoms with E-state index < -0.39 is 31.2 Å². The fourth-order valence-electron chi connectivity index (χ4n) is 3.52. The zero-order valence-electron chi connectivity index (χ0n) is 33.5. The quantitative estimate of drug-likeness (QED) is 0.0973. The van der Waals surface area contributed by atoms with Crippen LogP contribution in [0, 0.1) is 0 Å². The van der Waals surface area contributed by atoms with Gasteiger partial charge in [-0.05, 0) is 0 Å². The summed E-state index contributed by atoms with van der Waals surface area (Å²) in [7, 11) is -34.8. The van der Waals surface area contributed by atoms with E-state index in [1.165, 1.54) is 0 Å². The zero-order chi connectivity index (χ0) is 53.5. The van der Waals surface area contributed by atoms with E-state index in [9.17, 15) is 101 Å². The molecule has 0 spiro atoms. The summed E-state index contributed by atoms with van der Waals surface area (Å²) >= 11 is 0. The molecule has 0 saturated carbocycles. The molecule has 6 heterocycles. The van der Waals surface area contributed by atoms with Gasteiger partial charge in [-0.2, -0.15) is 0 Å². The Kier molecular flexibility index (Phi) is 15.3. The number of nitrogens with zero attached hydrogens (tertiary/aromatic N) is 12. The van der Waals surface area contributed by atoms with Crippen molar-refractivity contribution in [2.45, 2.75) is 0 Å². The molecule has 0 atom stereocenters. The van der Waals surface area contributed by atoms with E-state index >= 15 is 0 Å². The molecule has 0 aliphatic heterocycles. The Morgan fingerprint density at radius 1 is 0.235 bits per heavy atom. The molecule has 0 N–H and O–H groups in total. The van der Waals surface area contributed by atoms with Crippen molar-refractivity contribution in [3.8, 4) is 45.6 Å². The molecule has 0 saturated heterocycles. The van der Waals surface area contributed by atoms with Crippen molar-refractivity contribution in [3.63, 3.8) is 0 Å². The molecular weight excluding hydrogens is 1080 g/mol. The van der Waals surface area contributed by atoms with E-state index in [1.807, 2.05) is 145 Å². The average Bonchev–Trinajstić information content (AvgIpc) is 3.08. The van der Waals surface area contributed by atoms with Crippen molar-refractivity contribution in [1.82, 2.24) is 40.8 Å². The standard InChI is InChI=1S/2C14H14N6.4F6P/c2*1-19-7-3-11(4-8-19)13-15-17-14(18-16-13)12-5-9-20(2)10-6-12;4*1-7(2,3,4,5)6/h2*3-10H,1-2H3;;;;/q2*+2;4*-1. The minimum absolute atomic E-state index is 0.524. The van der Waals surface area contributed by atoms with Crippen LogP contribution in [0.15, 0.2) is 98.1 Å². The van der Waals surface area contributed by atoms with Gasteiger partial charge in [0, 0.05) is 70.8 Å². The molecule has 0 amide bonds. The third-order valence-corrected chi connectivity index (χ3v) is 5.90. The predicted octanol–water partition coefficient (Wildman–Crippen LogP) is 14.0. The molecule has 388 valence electrons. The number of rotatable bonds is 4. The molecule has 0 unspecified atom stereocenters. The van der Waals surface area contributed by atoms with Gasteiger partial charge >= 0.3 is 132 Å². The second kappa shape index (κ2) is 17.2. The third-order valence-electron chi connectivity index (χ3n) is 5.90. The van der Waals surface area contributed by atoms with Crippen LogP contribution in [0.2, 0.25) is 0 Å². The Labute approximate surface area is 362 Å². The molecule has 6 rings (SSSR count). The first-order valence-corrected chi connectivity index (χ1v) is 24.6. The third kappa shape index (κ3) is 43.1. The van der Waals surface area contributed by atoms with Gasteiger partial charge in [-0.3, -0.25) is 0 Å². The number of aromatic nitrogens is 12. The Bertz CT molecular complexity index is 2190. The maximum absolute atomic E-state index is 10.7. The van der Waals surface area contributed by atoms with Crippen molar-refractivity contribution < 1.29 is 119 Å². The van der Waals surface area contributed by atoms with Gasteiger partial charge < -0.3 is 0 Å². The van der Waals surface area contributed by atoms with Crippen LogP contribution in [0.4, 0.5) is 101 Å². The molecule has 0 aliphatic carbocycles. The van der Waals surface area contributed by atoms with E-state index in [2.05, 4.69) is 40.8 Å². The number of pyridine rings is 4. The maximum atomic E-state index is 9.87. The Morgan fingerprint density at radius 2 is 0.324 bits per heavy atom. The van der Waals surface area contributed by atoms with Gasteiger partial charge in [-0.15, -0.1) is 40.8 Å². The van der Waals surface area contributed by atoms with Crippen LogP contribution in [0.25, 0.3) is 45.6 Å². The summed E-state index contributed by atoms with van der Waals surface area (Å²) in [5.74, 6) is 2.10. The second-order valence-corrected chi connectivity index (χ2v) is 20.6. The van der Waals surface area contributed by atoms with Gasteiger partial charge in [-0.25, -0.2) is 18.3 Å². The van der Waals surface area contributed by atoms with Gasteiger partial charge in [0.1, 0.15) is 28.2 Å². The molecule has 0 aliphatic rings. The summed E-state index contributed by atoms with van der Waals surface area (Å²) in [4.78, 5) is 0. The monoisotopic (exact) mass is 1110 g/mol. The molecule has 40 heteroatoms. The number of hydrogen-bond acceptors (Lipinski definition) is 8. The fraction of sp³-hybridized carbons (Fsp3) is 0.143. The van der Waals surface area contributed by atoms with E-state index in [0.29, 0.717) is 23.3 Å². The van der Waals surface area contributed by atoms with Crippen LogP contribution >= 0.6 is 31.2 Å². The molecular formula is C28H28F24N12P4. The van der Waals surface area contributed by atoms with Gasteiger partial charge in [0.15, 0.2) is 49.6 Å². The van der Waals surface area contributed by atoms with Crippen molar-refractivity contribution in [3.05, 3.63) is 98.1 Å². The van der Waals surface area contributed by atoms with Crippen molar-refractivity contribution >= 4 is 31.2 Å². The molecule has 68 heavy (non-hydrogen) atoms. The van der Waals surface area contributed by atoms with Crippen molar-refractivity contribution in [1.29, 1.82) is 0 Å². The summed E-state index contributed by atoms with van der Waals surface area (Å²) in [6.07, 6.45) is 15.5. The molecule has 0 bridgehead atoms. The van der Waals surface area contributed by atoms with E-state index in [0.717, 1.165) is 22.3 Å². The van der Waals surface area contributed by atoms with Gasteiger partial charge in [0.25, 0.3) is 0 Å². The van der Waals surface area contributed by atoms with Crippen LogP contribution in [-0.4, -0.2) is 40.8 Å². The van der Waals surface area contributed by atoms with E-state index in [-0.39, 0.29) is 0 Å². The normalized spacial score (nSPS) is 15.7. The molecule has 0 radical (unpaired) electrons.